The van der Waals surface area contributed by atoms with Crippen LogP contribution in [-0.2, 0) is 50.0 Å². The highest BCUT2D eigenvalue weighted by atomic mass is 16.5. The van der Waals surface area contributed by atoms with Crippen molar-refractivity contribution in [1.29, 1.82) is 0 Å². The van der Waals surface area contributed by atoms with Gasteiger partial charge in [-0.15, -0.1) is 5.10 Å². The number of rotatable bonds is 24. The third-order valence-electron chi connectivity index (χ3n) is 9.44. The topological polar surface area (TPSA) is 217 Å². The van der Waals surface area contributed by atoms with E-state index < -0.39 is 5.97 Å². The summed E-state index contributed by atoms with van der Waals surface area (Å²) < 4.78 is 20.8. The summed E-state index contributed by atoms with van der Waals surface area (Å²) in [5.41, 5.74) is 10.5. The molecule has 4 aromatic rings. The van der Waals surface area contributed by atoms with Gasteiger partial charge in [-0.1, -0.05) is 37.1 Å². The van der Waals surface area contributed by atoms with Crippen LogP contribution in [0.4, 0.5) is 11.8 Å². The zero-order valence-electron chi connectivity index (χ0n) is 32.5. The van der Waals surface area contributed by atoms with Crippen molar-refractivity contribution in [2.75, 3.05) is 77.3 Å². The van der Waals surface area contributed by atoms with Gasteiger partial charge in [0.25, 0.3) is 0 Å². The average Bonchev–Trinajstić information content (AvgIpc) is 3.83. The van der Waals surface area contributed by atoms with E-state index in [9.17, 15) is 14.4 Å². The number of nitrogens with zero attached hydrogens (tertiary/aromatic N) is 8. The molecule has 0 bridgehead atoms. The van der Waals surface area contributed by atoms with E-state index in [1.807, 2.05) is 17.2 Å². The number of carbonyl (C=O) groups excluding carboxylic acids is 2. The lowest BCUT2D eigenvalue weighted by Crippen LogP contribution is -2.48. The first kappa shape index (κ1) is 41.8. The van der Waals surface area contributed by atoms with Crippen molar-refractivity contribution in [3.8, 4) is 5.75 Å². The molecule has 3 aromatic heterocycles. The quantitative estimate of drug-likeness (QED) is 0.0753. The van der Waals surface area contributed by atoms with Gasteiger partial charge in [-0.2, -0.15) is 4.98 Å². The second-order valence-electron chi connectivity index (χ2n) is 13.7. The number of hydrogen-bond acceptors (Lipinski definition) is 13. The molecule has 4 heterocycles. The number of aromatic nitrogens is 6. The van der Waals surface area contributed by atoms with E-state index in [0.29, 0.717) is 64.7 Å². The number of fused-ring (bicyclic) bond motifs is 1. The number of piperazine rings is 1. The number of ether oxygens (including phenoxy) is 3. The largest absolute Gasteiger partial charge is 0.496 e. The maximum atomic E-state index is 12.8. The predicted octanol–water partition coefficient (Wildman–Crippen LogP) is 2.51. The number of benzene rings is 1. The Bertz CT molecular complexity index is 1870. The monoisotopic (exact) mass is 777 g/mol. The number of carboxylic acids is 1. The lowest BCUT2D eigenvalue weighted by Gasteiger charge is -2.35. The lowest BCUT2D eigenvalue weighted by molar-refractivity contribution is -0.138. The van der Waals surface area contributed by atoms with Crippen LogP contribution in [0.25, 0.3) is 11.0 Å². The summed E-state index contributed by atoms with van der Waals surface area (Å²) in [5, 5.41) is 22.7. The van der Waals surface area contributed by atoms with Gasteiger partial charge in [-0.25, -0.2) is 9.67 Å². The van der Waals surface area contributed by atoms with Crippen LogP contribution in [0.3, 0.4) is 0 Å². The van der Waals surface area contributed by atoms with Crippen LogP contribution in [0, 0.1) is 0 Å². The molecule has 56 heavy (non-hydrogen) atoms. The molecule has 0 spiro atoms. The minimum absolute atomic E-state index is 0.0825. The fourth-order valence-corrected chi connectivity index (χ4v) is 6.40. The molecule has 1 fully saturated rings. The van der Waals surface area contributed by atoms with Crippen LogP contribution in [0.15, 0.2) is 36.7 Å². The Hall–Kier alpha value is -5.33. The molecule has 2 amide bonds. The minimum atomic E-state index is -1.02. The summed E-state index contributed by atoms with van der Waals surface area (Å²) in [6.45, 7) is 9.39. The first-order valence-electron chi connectivity index (χ1n) is 19.3. The number of amides is 2. The van der Waals surface area contributed by atoms with Gasteiger partial charge in [0.1, 0.15) is 17.0 Å². The average molecular weight is 778 g/mol. The van der Waals surface area contributed by atoms with Crippen molar-refractivity contribution in [3.05, 3.63) is 53.5 Å². The highest BCUT2D eigenvalue weighted by Crippen LogP contribution is 2.27. The second kappa shape index (κ2) is 21.7. The van der Waals surface area contributed by atoms with Gasteiger partial charge in [-0.05, 0) is 24.1 Å². The van der Waals surface area contributed by atoms with Crippen molar-refractivity contribution >= 4 is 40.6 Å². The summed E-state index contributed by atoms with van der Waals surface area (Å²) in [4.78, 5) is 48.3. The molecule has 18 heteroatoms. The molecular formula is C38H55N11O7. The molecule has 1 saturated heterocycles. The van der Waals surface area contributed by atoms with Crippen molar-refractivity contribution in [3.63, 3.8) is 0 Å². The van der Waals surface area contributed by atoms with Crippen LogP contribution < -0.4 is 21.1 Å². The van der Waals surface area contributed by atoms with E-state index in [1.165, 1.54) is 0 Å². The fourth-order valence-electron chi connectivity index (χ4n) is 6.40. The van der Waals surface area contributed by atoms with Crippen molar-refractivity contribution in [1.82, 2.24) is 44.6 Å². The number of methoxy groups -OCH3 is 1. The molecule has 1 aromatic carbocycles. The molecule has 5 N–H and O–H groups in total. The van der Waals surface area contributed by atoms with E-state index in [4.69, 9.17) is 25.1 Å². The highest BCUT2D eigenvalue weighted by molar-refractivity contribution is 5.87. The normalized spacial score (nSPS) is 13.3. The predicted molar refractivity (Wildman–Crippen MR) is 209 cm³/mol. The van der Waals surface area contributed by atoms with Crippen LogP contribution >= 0.6 is 0 Å². The van der Waals surface area contributed by atoms with Crippen LogP contribution in [0.1, 0.15) is 62.3 Å². The Morgan fingerprint density at radius 2 is 1.75 bits per heavy atom. The molecule has 0 atom stereocenters. The Morgan fingerprint density at radius 1 is 0.946 bits per heavy atom. The number of nitrogens with one attached hydrogen (secondary N) is 2. The maximum Gasteiger partial charge on any atom is 0.303 e. The van der Waals surface area contributed by atoms with Gasteiger partial charge < -0.3 is 45.2 Å². The number of nitrogen functional groups attached to an aromatic ring is 1. The zero-order chi connectivity index (χ0) is 39.7. The maximum absolute atomic E-state index is 12.8. The summed E-state index contributed by atoms with van der Waals surface area (Å²) in [6, 6.07) is 8.32. The molecule has 1 aliphatic heterocycles. The van der Waals surface area contributed by atoms with E-state index in [0.717, 1.165) is 79.2 Å². The van der Waals surface area contributed by atoms with E-state index in [2.05, 4.69) is 65.5 Å². The Kier molecular flexibility index (Phi) is 16.2. The molecule has 18 nitrogen and oxygen atoms in total. The summed E-state index contributed by atoms with van der Waals surface area (Å²) >= 11 is 0. The Balaban J connectivity index is 0.965. The van der Waals surface area contributed by atoms with Crippen LogP contribution in [0.5, 0.6) is 5.75 Å². The number of nitrogens with two attached hydrogens (primary N) is 1. The van der Waals surface area contributed by atoms with Gasteiger partial charge in [0.15, 0.2) is 5.82 Å². The molecule has 1 aliphatic rings. The Labute approximate surface area is 326 Å². The van der Waals surface area contributed by atoms with Gasteiger partial charge in [0.05, 0.1) is 77.7 Å². The van der Waals surface area contributed by atoms with E-state index in [-0.39, 0.29) is 37.1 Å². The van der Waals surface area contributed by atoms with Gasteiger partial charge in [-0.3, -0.25) is 19.3 Å². The molecule has 0 radical (unpaired) electrons. The third kappa shape index (κ3) is 12.9. The highest BCUT2D eigenvalue weighted by Gasteiger charge is 2.22. The fraction of sp³-hybridized carbons (Fsp3) is 0.553. The minimum Gasteiger partial charge on any atom is -0.496 e. The molecule has 0 aliphatic carbocycles. The van der Waals surface area contributed by atoms with Crippen molar-refractivity contribution in [2.24, 2.45) is 0 Å². The van der Waals surface area contributed by atoms with Crippen LogP contribution in [0.2, 0.25) is 0 Å². The van der Waals surface area contributed by atoms with E-state index >= 15 is 0 Å². The number of hydrogen-bond donors (Lipinski definition) is 4. The second-order valence-corrected chi connectivity index (χ2v) is 13.7. The summed E-state index contributed by atoms with van der Waals surface area (Å²) in [7, 11) is 1.70. The lowest BCUT2D eigenvalue weighted by atomic mass is 10.1. The SMILES string of the molecule is CCCCCNc1nc(N)nc2ccn(Cc3ccc(CN4CCN(C(=O)CCOCCOCCn5cc(CNC(=O)CCC(=O)O)nn5)CC4)cc3OC)c12. The van der Waals surface area contributed by atoms with Crippen molar-refractivity contribution < 1.29 is 33.7 Å². The molecular weight excluding hydrogens is 722 g/mol. The zero-order valence-corrected chi connectivity index (χ0v) is 32.5. The van der Waals surface area contributed by atoms with Crippen LogP contribution in [-0.4, -0.2) is 128 Å². The summed E-state index contributed by atoms with van der Waals surface area (Å²) in [6.07, 6.45) is 7.08. The number of carboxylic acid groups (broad SMARTS) is 1. The van der Waals surface area contributed by atoms with E-state index in [1.54, 1.807) is 18.0 Å². The number of anilines is 2. The van der Waals surface area contributed by atoms with Gasteiger partial charge >= 0.3 is 5.97 Å². The molecule has 304 valence electrons. The number of aliphatic carboxylic acids is 1. The first-order valence-corrected chi connectivity index (χ1v) is 19.3. The summed E-state index contributed by atoms with van der Waals surface area (Å²) in [5.74, 6) is 0.527. The first-order chi connectivity index (χ1) is 27.2. The number of unbranched alkanes of at least 4 members (excludes halogenated alkanes) is 2. The smallest absolute Gasteiger partial charge is 0.303 e. The molecule has 0 unspecified atom stereocenters. The van der Waals surface area contributed by atoms with Gasteiger partial charge in [0, 0.05) is 57.4 Å². The van der Waals surface area contributed by atoms with Crippen molar-refractivity contribution in [2.45, 2.75) is 71.6 Å². The standard InChI is InChI=1S/C38H55N11O7/c1-3-4-5-12-40-37-36-31(42-38(39)43-37)10-13-48(36)26-29-7-6-28(23-32(29)54-2)25-46-14-16-47(17-15-46)34(51)11-19-55-21-22-56-20-18-49-27-30(44-45-49)24-41-33(50)8-9-35(52)53/h6-7,10,13,23,27H,3-5,8-9,11-12,14-22,24-26H2,1-2H3,(H,41,50)(H,52,53)(H3,39,40,42,43). The third-order valence-corrected chi connectivity index (χ3v) is 9.44. The van der Waals surface area contributed by atoms with Gasteiger partial charge in [0.2, 0.25) is 17.8 Å². The Morgan fingerprint density at radius 3 is 2.52 bits per heavy atom. The molecule has 0 saturated carbocycles. The molecule has 5 rings (SSSR count). The number of carbonyl (C=O) groups is 3.